The van der Waals surface area contributed by atoms with Crippen molar-refractivity contribution in [2.45, 2.75) is 63.4 Å². The van der Waals surface area contributed by atoms with Crippen molar-refractivity contribution in [2.75, 3.05) is 36.4 Å². The van der Waals surface area contributed by atoms with Gasteiger partial charge in [-0.3, -0.25) is 39.0 Å². The first-order chi connectivity index (χ1) is 27.3. The fourth-order valence-corrected chi connectivity index (χ4v) is 9.45. The molecule has 4 aromatic heterocycles. The lowest BCUT2D eigenvalue weighted by molar-refractivity contribution is -0.136. The number of halogens is 1. The van der Waals surface area contributed by atoms with Crippen LogP contribution in [0.3, 0.4) is 0 Å². The van der Waals surface area contributed by atoms with Gasteiger partial charge in [-0.05, 0) is 56.9 Å². The van der Waals surface area contributed by atoms with Crippen LogP contribution in [-0.2, 0) is 26.2 Å². The summed E-state index contributed by atoms with van der Waals surface area (Å²) in [5.74, 6) is 0.0696. The van der Waals surface area contributed by atoms with E-state index in [1.54, 1.807) is 30.6 Å². The third-order valence-corrected chi connectivity index (χ3v) is 13.4. The molecule has 57 heavy (non-hydrogen) atoms. The highest BCUT2D eigenvalue weighted by atomic mass is 79.9. The van der Waals surface area contributed by atoms with Crippen LogP contribution in [0.4, 0.5) is 17.5 Å². The first kappa shape index (κ1) is 37.0. The van der Waals surface area contributed by atoms with Gasteiger partial charge in [-0.1, -0.05) is 15.9 Å². The minimum absolute atomic E-state index is 0.0598. The normalized spacial score (nSPS) is 19.2. The molecule has 0 spiro atoms. The molecule has 7 heterocycles. The molecule has 0 radical (unpaired) electrons. The average Bonchev–Trinajstić information content (AvgIpc) is 3.74. The number of rotatable bonds is 10. The molecule has 5 aromatic rings. The number of hydrogen-bond acceptors (Lipinski definition) is 14. The number of nitrogens with one attached hydrogen (secondary N) is 2. The van der Waals surface area contributed by atoms with E-state index in [4.69, 9.17) is 10.1 Å². The summed E-state index contributed by atoms with van der Waals surface area (Å²) in [6.45, 7) is 7.47. The van der Waals surface area contributed by atoms with Crippen LogP contribution in [-0.4, -0.2) is 113 Å². The van der Waals surface area contributed by atoms with Gasteiger partial charge in [0.05, 0.1) is 45.2 Å². The number of amides is 4. The number of aromatic nitrogens is 7. The number of carbonyl (C=O) groups excluding carboxylic acids is 4. The Labute approximate surface area is 334 Å². The highest BCUT2D eigenvalue weighted by Gasteiger charge is 2.45. The lowest BCUT2D eigenvalue weighted by atomic mass is 10.0. The van der Waals surface area contributed by atoms with Crippen LogP contribution in [0, 0.1) is 0 Å². The summed E-state index contributed by atoms with van der Waals surface area (Å²) in [5, 5.41) is 15.1. The summed E-state index contributed by atoms with van der Waals surface area (Å²) < 4.78 is 28.9. The largest absolute Gasteiger partial charge is 0.352 e. The van der Waals surface area contributed by atoms with Crippen molar-refractivity contribution < 1.29 is 27.6 Å². The van der Waals surface area contributed by atoms with E-state index in [2.05, 4.69) is 65.3 Å². The third kappa shape index (κ3) is 6.74. The van der Waals surface area contributed by atoms with E-state index >= 15 is 0 Å². The van der Waals surface area contributed by atoms with Crippen LogP contribution >= 0.6 is 15.9 Å². The fraction of sp³-hybridized carbons (Fsp3) is 0.378. The molecule has 3 fully saturated rings. The molecule has 1 aliphatic carbocycles. The van der Waals surface area contributed by atoms with Gasteiger partial charge in [0, 0.05) is 68.1 Å². The third-order valence-electron chi connectivity index (χ3n) is 10.7. The Hall–Kier alpha value is -5.60. The van der Waals surface area contributed by atoms with Crippen molar-refractivity contribution in [3.63, 3.8) is 0 Å². The van der Waals surface area contributed by atoms with E-state index in [9.17, 15) is 27.6 Å². The lowest BCUT2D eigenvalue weighted by Crippen LogP contribution is -2.54. The zero-order valence-corrected chi connectivity index (χ0v) is 33.3. The Morgan fingerprint density at radius 3 is 2.42 bits per heavy atom. The SMILES string of the molecule is CC(C)n1nc(N2CCN(Cc3cc4c(cc3Br)C(=O)N(C3CCC(=O)NC3=O)C4=O)CC2)c2cnc(Nc3ccnc(-c4cnn(S(=O)(=O)C5CC5)c4)n3)cc21. The molecule has 4 amide bonds. The molecule has 0 bridgehead atoms. The van der Waals surface area contributed by atoms with Crippen molar-refractivity contribution in [3.05, 3.63) is 70.2 Å². The van der Waals surface area contributed by atoms with Gasteiger partial charge in [0.15, 0.2) is 11.6 Å². The summed E-state index contributed by atoms with van der Waals surface area (Å²) in [5.41, 5.74) is 2.72. The Balaban J connectivity index is 0.882. The monoisotopic (exact) mass is 856 g/mol. The van der Waals surface area contributed by atoms with Crippen molar-refractivity contribution in [2.24, 2.45) is 0 Å². The summed E-state index contributed by atoms with van der Waals surface area (Å²) in [7, 11) is -3.51. The highest BCUT2D eigenvalue weighted by molar-refractivity contribution is 9.10. The second-order valence-corrected chi connectivity index (χ2v) is 17.8. The predicted molar refractivity (Wildman–Crippen MR) is 210 cm³/mol. The Bertz CT molecular complexity index is 2610. The van der Waals surface area contributed by atoms with Gasteiger partial charge in [0.1, 0.15) is 17.7 Å². The molecular formula is C37H37BrN12O6S. The van der Waals surface area contributed by atoms with Crippen LogP contribution < -0.4 is 15.5 Å². The maximum atomic E-state index is 13.4. The van der Waals surface area contributed by atoms with E-state index in [1.165, 1.54) is 12.4 Å². The van der Waals surface area contributed by atoms with Crippen molar-refractivity contribution in [1.82, 2.24) is 49.0 Å². The minimum Gasteiger partial charge on any atom is -0.352 e. The van der Waals surface area contributed by atoms with Crippen LogP contribution in [0.1, 0.15) is 71.9 Å². The topological polar surface area (TPSA) is 211 Å². The molecule has 20 heteroatoms. The molecule has 1 atom stereocenters. The summed E-state index contributed by atoms with van der Waals surface area (Å²) >= 11 is 3.61. The lowest BCUT2D eigenvalue weighted by Gasteiger charge is -2.35. The highest BCUT2D eigenvalue weighted by Crippen LogP contribution is 2.35. The van der Waals surface area contributed by atoms with Crippen LogP contribution in [0.5, 0.6) is 0 Å². The van der Waals surface area contributed by atoms with Crippen LogP contribution in [0.15, 0.2) is 53.5 Å². The van der Waals surface area contributed by atoms with Crippen LogP contribution in [0.2, 0.25) is 0 Å². The molecule has 1 unspecified atom stereocenters. The zero-order chi connectivity index (χ0) is 39.7. The van der Waals surface area contributed by atoms with Crippen molar-refractivity contribution >= 4 is 77.9 Å². The van der Waals surface area contributed by atoms with Gasteiger partial charge in [-0.2, -0.15) is 14.3 Å². The maximum Gasteiger partial charge on any atom is 0.262 e. The number of fused-ring (bicyclic) bond motifs is 2. The van der Waals surface area contributed by atoms with Gasteiger partial charge in [0.2, 0.25) is 11.8 Å². The predicted octanol–water partition coefficient (Wildman–Crippen LogP) is 3.24. The number of piperidine rings is 1. The second-order valence-electron chi connectivity index (χ2n) is 14.9. The smallest absolute Gasteiger partial charge is 0.262 e. The quantitative estimate of drug-likeness (QED) is 0.193. The number of hydrogen-bond donors (Lipinski definition) is 2. The standard InChI is InChI=1S/C37H37BrN12O6S/c1-20(2)50-29-15-31(42-30-7-8-39-33(43-30)22-16-41-48(19-22)57(55,56)23-3-4-23)40-17-26(29)34(45-50)47-11-9-46(10-12-47)18-21-13-24-25(14-27(21)38)37(54)49(36(24)53)28-5-6-32(51)44-35(28)52/h7-8,13-17,19-20,23,28H,3-6,9-12,18H2,1-2H3,(H,44,51,52)(H,39,40,42,43). The van der Waals surface area contributed by atoms with E-state index < -0.39 is 39.7 Å². The molecule has 4 aliphatic rings. The van der Waals surface area contributed by atoms with E-state index in [1.807, 2.05) is 10.7 Å². The number of anilines is 3. The summed E-state index contributed by atoms with van der Waals surface area (Å²) in [4.78, 5) is 70.0. The molecule has 1 aromatic carbocycles. The molecule has 3 aliphatic heterocycles. The Kier molecular flexibility index (Phi) is 9.15. The van der Waals surface area contributed by atoms with Gasteiger partial charge in [-0.25, -0.2) is 23.4 Å². The molecule has 18 nitrogen and oxygen atoms in total. The molecule has 1 saturated carbocycles. The fourth-order valence-electron chi connectivity index (χ4n) is 7.50. The minimum atomic E-state index is -3.51. The van der Waals surface area contributed by atoms with E-state index in [0.29, 0.717) is 73.1 Å². The van der Waals surface area contributed by atoms with E-state index in [0.717, 1.165) is 31.3 Å². The number of benzene rings is 1. The summed E-state index contributed by atoms with van der Waals surface area (Å²) in [6.07, 6.45) is 7.73. The average molecular weight is 858 g/mol. The van der Waals surface area contributed by atoms with E-state index in [-0.39, 0.29) is 35.3 Å². The number of nitrogens with zero attached hydrogens (tertiary/aromatic N) is 10. The second kappa shape index (κ2) is 14.1. The summed E-state index contributed by atoms with van der Waals surface area (Å²) in [6, 6.07) is 6.06. The van der Waals surface area contributed by atoms with Gasteiger partial charge < -0.3 is 10.2 Å². The Morgan fingerprint density at radius 2 is 1.70 bits per heavy atom. The number of piperazine rings is 1. The number of imide groups is 2. The zero-order valence-electron chi connectivity index (χ0n) is 30.9. The molecular weight excluding hydrogens is 820 g/mol. The first-order valence-corrected chi connectivity index (χ1v) is 20.9. The van der Waals surface area contributed by atoms with Gasteiger partial charge >= 0.3 is 0 Å². The van der Waals surface area contributed by atoms with Crippen molar-refractivity contribution in [3.8, 4) is 11.4 Å². The first-order valence-electron chi connectivity index (χ1n) is 18.6. The molecule has 9 rings (SSSR count). The van der Waals surface area contributed by atoms with Crippen molar-refractivity contribution in [1.29, 1.82) is 0 Å². The molecule has 2 saturated heterocycles. The van der Waals surface area contributed by atoms with Gasteiger partial charge in [0.25, 0.3) is 21.8 Å². The van der Waals surface area contributed by atoms with Crippen LogP contribution in [0.25, 0.3) is 22.3 Å². The molecule has 2 N–H and O–H groups in total. The number of carbonyl (C=O) groups is 4. The number of pyridine rings is 1. The van der Waals surface area contributed by atoms with Gasteiger partial charge in [-0.15, -0.1) is 0 Å². The Morgan fingerprint density at radius 1 is 0.947 bits per heavy atom. The maximum absolute atomic E-state index is 13.4. The molecule has 294 valence electrons.